The number of nitrogens with one attached hydrogen (secondary N) is 1. The SMILES string of the molecule is CCCOc1c(C/C=C/c2ccccc2)cc(-c2ccccc2C(=O)O)cc1NC(=O)Cc1ccc(C)cc1. The molecule has 4 rings (SSSR count). The monoisotopic (exact) mass is 519 g/mol. The van der Waals surface area contributed by atoms with Crippen molar-refractivity contribution in [1.29, 1.82) is 0 Å². The number of hydrogen-bond donors (Lipinski definition) is 2. The molecule has 0 aliphatic heterocycles. The van der Waals surface area contributed by atoms with E-state index >= 15 is 0 Å². The molecule has 39 heavy (non-hydrogen) atoms. The Labute approximate surface area is 229 Å². The lowest BCUT2D eigenvalue weighted by Crippen LogP contribution is -2.16. The number of benzene rings is 4. The quantitative estimate of drug-likeness (QED) is 0.214. The van der Waals surface area contributed by atoms with Gasteiger partial charge in [0.2, 0.25) is 5.91 Å². The van der Waals surface area contributed by atoms with E-state index in [9.17, 15) is 14.7 Å². The van der Waals surface area contributed by atoms with Gasteiger partial charge in [0.05, 0.1) is 24.3 Å². The van der Waals surface area contributed by atoms with Crippen molar-refractivity contribution in [2.24, 2.45) is 0 Å². The molecule has 1 amide bonds. The Morgan fingerprint density at radius 2 is 1.64 bits per heavy atom. The molecule has 0 aliphatic rings. The fraction of sp³-hybridized carbons (Fsp3) is 0.176. The summed E-state index contributed by atoms with van der Waals surface area (Å²) in [6, 6.07) is 28.5. The summed E-state index contributed by atoms with van der Waals surface area (Å²) < 4.78 is 6.19. The van der Waals surface area contributed by atoms with Crippen LogP contribution in [0.25, 0.3) is 17.2 Å². The second-order valence-electron chi connectivity index (χ2n) is 9.44. The summed E-state index contributed by atoms with van der Waals surface area (Å²) >= 11 is 0. The van der Waals surface area contributed by atoms with Crippen LogP contribution in [0.15, 0.2) is 97.1 Å². The Kier molecular flexibility index (Phi) is 9.30. The van der Waals surface area contributed by atoms with Crippen LogP contribution < -0.4 is 10.1 Å². The molecule has 4 aromatic rings. The number of hydrogen-bond acceptors (Lipinski definition) is 3. The highest BCUT2D eigenvalue weighted by Gasteiger charge is 2.18. The van der Waals surface area contributed by atoms with Gasteiger partial charge in [-0.3, -0.25) is 4.79 Å². The van der Waals surface area contributed by atoms with Crippen LogP contribution in [0, 0.1) is 6.92 Å². The summed E-state index contributed by atoms with van der Waals surface area (Å²) in [5.41, 5.74) is 5.98. The molecule has 4 aromatic carbocycles. The van der Waals surface area contributed by atoms with Gasteiger partial charge in [-0.1, -0.05) is 97.4 Å². The minimum Gasteiger partial charge on any atom is -0.491 e. The van der Waals surface area contributed by atoms with Crippen LogP contribution in [0.1, 0.15) is 46.0 Å². The van der Waals surface area contributed by atoms with Crippen LogP contribution >= 0.6 is 0 Å². The van der Waals surface area contributed by atoms with Crippen LogP contribution in [0.5, 0.6) is 5.75 Å². The zero-order chi connectivity index (χ0) is 27.6. The molecule has 198 valence electrons. The minimum absolute atomic E-state index is 0.172. The van der Waals surface area contributed by atoms with Crippen molar-refractivity contribution in [3.8, 4) is 16.9 Å². The van der Waals surface area contributed by atoms with Gasteiger partial charge in [0, 0.05) is 5.56 Å². The van der Waals surface area contributed by atoms with Gasteiger partial charge in [0.25, 0.3) is 0 Å². The number of ether oxygens (including phenoxy) is 1. The van der Waals surface area contributed by atoms with Crippen molar-refractivity contribution in [3.63, 3.8) is 0 Å². The van der Waals surface area contributed by atoms with E-state index in [0.29, 0.717) is 35.6 Å². The maximum absolute atomic E-state index is 13.2. The van der Waals surface area contributed by atoms with E-state index in [2.05, 4.69) is 5.32 Å². The first-order chi connectivity index (χ1) is 18.9. The van der Waals surface area contributed by atoms with E-state index in [1.807, 2.05) is 98.8 Å². The fourth-order valence-corrected chi connectivity index (χ4v) is 4.36. The molecule has 0 bridgehead atoms. The number of amides is 1. The molecular weight excluding hydrogens is 486 g/mol. The standard InChI is InChI=1S/C34H33NO4/c1-3-20-39-33-27(13-9-12-25-10-5-4-6-11-25)22-28(29-14-7-8-15-30(29)34(37)38)23-31(33)35-32(36)21-26-18-16-24(2)17-19-26/h4-12,14-19,22-23H,3,13,20-21H2,1-2H3,(H,35,36)(H,37,38)/b12-9+. The van der Waals surface area contributed by atoms with Gasteiger partial charge in [-0.15, -0.1) is 0 Å². The van der Waals surface area contributed by atoms with Crippen LogP contribution in [0.4, 0.5) is 5.69 Å². The van der Waals surface area contributed by atoms with Gasteiger partial charge in [-0.2, -0.15) is 0 Å². The molecule has 0 spiro atoms. The molecule has 0 saturated carbocycles. The third-order valence-corrected chi connectivity index (χ3v) is 6.29. The summed E-state index contributed by atoms with van der Waals surface area (Å²) in [5, 5.41) is 12.9. The highest BCUT2D eigenvalue weighted by molar-refractivity contribution is 5.98. The van der Waals surface area contributed by atoms with Crippen molar-refractivity contribution in [1.82, 2.24) is 0 Å². The second-order valence-corrected chi connectivity index (χ2v) is 9.44. The average Bonchev–Trinajstić information content (AvgIpc) is 2.94. The Bertz CT molecular complexity index is 1460. The summed E-state index contributed by atoms with van der Waals surface area (Å²) in [4.78, 5) is 25.2. The number of anilines is 1. The first-order valence-electron chi connectivity index (χ1n) is 13.1. The Hall–Kier alpha value is -4.64. The molecule has 2 N–H and O–H groups in total. The number of aryl methyl sites for hydroxylation is 1. The number of carboxylic acids is 1. The largest absolute Gasteiger partial charge is 0.491 e. The van der Waals surface area contributed by atoms with Crippen molar-refractivity contribution in [2.75, 3.05) is 11.9 Å². The van der Waals surface area contributed by atoms with Crippen molar-refractivity contribution in [3.05, 3.63) is 125 Å². The Morgan fingerprint density at radius 3 is 2.36 bits per heavy atom. The molecule has 0 fully saturated rings. The number of carboxylic acid groups (broad SMARTS) is 1. The molecule has 0 saturated heterocycles. The van der Waals surface area contributed by atoms with E-state index < -0.39 is 5.97 Å². The summed E-state index contributed by atoms with van der Waals surface area (Å²) in [7, 11) is 0. The molecule has 0 aromatic heterocycles. The normalized spacial score (nSPS) is 10.9. The lowest BCUT2D eigenvalue weighted by molar-refractivity contribution is -0.115. The van der Waals surface area contributed by atoms with Crippen molar-refractivity contribution >= 4 is 23.6 Å². The third kappa shape index (κ3) is 7.45. The molecule has 0 unspecified atom stereocenters. The van der Waals surface area contributed by atoms with Crippen LogP contribution in [0.2, 0.25) is 0 Å². The summed E-state index contributed by atoms with van der Waals surface area (Å²) in [5.74, 6) is -0.578. The van der Waals surface area contributed by atoms with Crippen LogP contribution in [-0.2, 0) is 17.6 Å². The van der Waals surface area contributed by atoms with E-state index in [0.717, 1.165) is 28.7 Å². The predicted molar refractivity (Wildman–Crippen MR) is 157 cm³/mol. The number of aromatic carboxylic acids is 1. The molecule has 5 heteroatoms. The summed E-state index contributed by atoms with van der Waals surface area (Å²) in [6.45, 7) is 4.53. The number of carbonyl (C=O) groups is 2. The topological polar surface area (TPSA) is 75.6 Å². The lowest BCUT2D eigenvalue weighted by atomic mass is 9.95. The smallest absolute Gasteiger partial charge is 0.336 e. The first-order valence-corrected chi connectivity index (χ1v) is 13.1. The van der Waals surface area contributed by atoms with Crippen molar-refractivity contribution in [2.45, 2.75) is 33.1 Å². The maximum Gasteiger partial charge on any atom is 0.336 e. The van der Waals surface area contributed by atoms with Gasteiger partial charge in [0.1, 0.15) is 5.75 Å². The lowest BCUT2D eigenvalue weighted by Gasteiger charge is -2.19. The summed E-state index contributed by atoms with van der Waals surface area (Å²) in [6.07, 6.45) is 5.65. The van der Waals surface area contributed by atoms with E-state index in [1.54, 1.807) is 18.2 Å². The zero-order valence-electron chi connectivity index (χ0n) is 22.3. The second kappa shape index (κ2) is 13.2. The van der Waals surface area contributed by atoms with Gasteiger partial charge < -0.3 is 15.2 Å². The number of allylic oxidation sites excluding steroid dienone is 1. The Balaban J connectivity index is 1.76. The molecular formula is C34H33NO4. The van der Waals surface area contributed by atoms with Gasteiger partial charge >= 0.3 is 5.97 Å². The molecule has 0 heterocycles. The minimum atomic E-state index is -1.01. The van der Waals surface area contributed by atoms with Gasteiger partial charge in [-0.05, 0) is 60.2 Å². The molecule has 0 radical (unpaired) electrons. The highest BCUT2D eigenvalue weighted by atomic mass is 16.5. The van der Waals surface area contributed by atoms with Gasteiger partial charge in [-0.25, -0.2) is 4.79 Å². The zero-order valence-corrected chi connectivity index (χ0v) is 22.3. The van der Waals surface area contributed by atoms with E-state index in [4.69, 9.17) is 4.74 Å². The molecule has 5 nitrogen and oxygen atoms in total. The van der Waals surface area contributed by atoms with E-state index in [-0.39, 0.29) is 17.9 Å². The van der Waals surface area contributed by atoms with Crippen molar-refractivity contribution < 1.29 is 19.4 Å². The highest BCUT2D eigenvalue weighted by Crippen LogP contribution is 2.37. The van der Waals surface area contributed by atoms with Gasteiger partial charge in [0.15, 0.2) is 0 Å². The maximum atomic E-state index is 13.2. The Morgan fingerprint density at radius 1 is 0.923 bits per heavy atom. The first kappa shape index (κ1) is 27.4. The number of rotatable bonds is 11. The molecule has 0 aliphatic carbocycles. The predicted octanol–water partition coefficient (Wildman–Crippen LogP) is 7.59. The van der Waals surface area contributed by atoms with E-state index in [1.165, 1.54) is 0 Å². The average molecular weight is 520 g/mol. The van der Waals surface area contributed by atoms with Crippen LogP contribution in [-0.4, -0.2) is 23.6 Å². The number of carbonyl (C=O) groups excluding carboxylic acids is 1. The third-order valence-electron chi connectivity index (χ3n) is 6.29. The van der Waals surface area contributed by atoms with Crippen LogP contribution in [0.3, 0.4) is 0 Å². The fourth-order valence-electron chi connectivity index (χ4n) is 4.36. The molecule has 0 atom stereocenters.